The average molecular weight is 161 g/mol. The van der Waals surface area contributed by atoms with E-state index in [1.807, 2.05) is 12.2 Å². The molecule has 1 atom stereocenters. The molecule has 1 unspecified atom stereocenters. The van der Waals surface area contributed by atoms with Crippen LogP contribution in [0.1, 0.15) is 6.42 Å². The van der Waals surface area contributed by atoms with Gasteiger partial charge in [-0.3, -0.25) is 0 Å². The average Bonchev–Trinajstić information content (AvgIpc) is 2.51. The summed E-state index contributed by atoms with van der Waals surface area (Å²) in [7, 11) is 0. The molecule has 62 valence electrons. The Morgan fingerprint density at radius 2 is 2.27 bits per heavy atom. The number of hydrogen-bond acceptors (Lipinski definition) is 2. The van der Waals surface area contributed by atoms with Crippen LogP contribution in [0, 0.1) is 0 Å². The Bertz CT molecular complexity index is 187. The van der Waals surface area contributed by atoms with Crippen molar-refractivity contribution in [2.45, 2.75) is 24.7 Å². The van der Waals surface area contributed by atoms with Crippen molar-refractivity contribution in [3.63, 3.8) is 0 Å². The van der Waals surface area contributed by atoms with Crippen molar-refractivity contribution in [2.75, 3.05) is 6.54 Å². The molecule has 0 saturated carbocycles. The zero-order valence-corrected chi connectivity index (χ0v) is 5.89. The summed E-state index contributed by atoms with van der Waals surface area (Å²) < 4.78 is 27.7. The normalized spacial score (nSPS) is 32.1. The Morgan fingerprint density at radius 1 is 1.55 bits per heavy atom. The smallest absolute Gasteiger partial charge is 0.318 e. The first kappa shape index (κ1) is 7.18. The molecule has 1 fully saturated rings. The molecule has 0 radical (unpaired) electrons. The number of halogens is 2. The van der Waals surface area contributed by atoms with Crippen LogP contribution in [0.15, 0.2) is 12.2 Å². The van der Waals surface area contributed by atoms with Gasteiger partial charge in [0.15, 0.2) is 0 Å². The van der Waals surface area contributed by atoms with Crippen LogP contribution < -0.4 is 5.32 Å². The third kappa shape index (κ3) is 1.41. The van der Waals surface area contributed by atoms with Crippen LogP contribution in [0.25, 0.3) is 0 Å². The highest BCUT2D eigenvalue weighted by Gasteiger charge is 2.42. The summed E-state index contributed by atoms with van der Waals surface area (Å²) in [5, 5.41) is 3.09. The van der Waals surface area contributed by atoms with E-state index in [9.17, 15) is 8.78 Å². The van der Waals surface area contributed by atoms with E-state index in [0.29, 0.717) is 13.0 Å². The van der Waals surface area contributed by atoms with Gasteiger partial charge in [-0.05, 0) is 0 Å². The fourth-order valence-corrected chi connectivity index (χ4v) is 1.42. The van der Waals surface area contributed by atoms with E-state index in [1.54, 1.807) is 0 Å². The number of hydrogen-bond donors (Lipinski definition) is 1. The second kappa shape index (κ2) is 2.25. The van der Waals surface area contributed by atoms with Gasteiger partial charge in [-0.15, -0.1) is 0 Å². The Hall–Kier alpha value is -0.480. The predicted molar refractivity (Wildman–Crippen MR) is 35.4 cm³/mol. The van der Waals surface area contributed by atoms with Crippen molar-refractivity contribution >= 4 is 0 Å². The fraction of sp³-hybridized carbons (Fsp3) is 0.714. The first-order valence-corrected chi connectivity index (χ1v) is 3.59. The van der Waals surface area contributed by atoms with Crippen molar-refractivity contribution in [3.8, 4) is 0 Å². The van der Waals surface area contributed by atoms with Gasteiger partial charge in [0.05, 0.1) is 11.6 Å². The van der Waals surface area contributed by atoms with Crippen LogP contribution in [-0.2, 0) is 4.74 Å². The highest BCUT2D eigenvalue weighted by Crippen LogP contribution is 2.34. The van der Waals surface area contributed by atoms with Gasteiger partial charge in [-0.2, -0.15) is 8.78 Å². The summed E-state index contributed by atoms with van der Waals surface area (Å²) in [6.07, 6.45) is 4.27. The van der Waals surface area contributed by atoms with E-state index in [0.717, 1.165) is 0 Å². The molecule has 1 aliphatic carbocycles. The molecule has 4 heteroatoms. The van der Waals surface area contributed by atoms with Crippen LogP contribution >= 0.6 is 0 Å². The summed E-state index contributed by atoms with van der Waals surface area (Å²) in [5.74, 6) is 0. The molecular weight excluding hydrogens is 152 g/mol. The maximum absolute atomic E-state index is 11.7. The third-order valence-electron chi connectivity index (χ3n) is 2.09. The minimum atomic E-state index is -2.64. The monoisotopic (exact) mass is 161 g/mol. The van der Waals surface area contributed by atoms with Crippen LogP contribution in [0.3, 0.4) is 0 Å². The highest BCUT2D eigenvalue weighted by molar-refractivity contribution is 5.36. The maximum atomic E-state index is 11.7. The van der Waals surface area contributed by atoms with E-state index in [4.69, 9.17) is 0 Å². The van der Waals surface area contributed by atoms with E-state index in [2.05, 4.69) is 10.1 Å². The maximum Gasteiger partial charge on any atom is 0.345 e. The molecule has 0 aromatic rings. The molecule has 2 nitrogen and oxygen atoms in total. The van der Waals surface area contributed by atoms with Gasteiger partial charge in [0.25, 0.3) is 0 Å². The van der Waals surface area contributed by atoms with E-state index in [-0.39, 0.29) is 11.6 Å². The lowest BCUT2D eigenvalue weighted by atomic mass is 10.1. The zero-order valence-electron chi connectivity index (χ0n) is 5.89. The first-order valence-electron chi connectivity index (χ1n) is 3.59. The Labute approximate surface area is 63.2 Å². The third-order valence-corrected chi connectivity index (χ3v) is 2.09. The van der Waals surface area contributed by atoms with Gasteiger partial charge >= 0.3 is 6.61 Å². The minimum absolute atomic E-state index is 0.0560. The molecule has 1 aliphatic heterocycles. The molecule has 1 saturated heterocycles. The van der Waals surface area contributed by atoms with Gasteiger partial charge < -0.3 is 10.1 Å². The van der Waals surface area contributed by atoms with Crippen LogP contribution in [0.4, 0.5) is 8.78 Å². The van der Waals surface area contributed by atoms with Crippen LogP contribution in [-0.4, -0.2) is 24.8 Å². The molecule has 11 heavy (non-hydrogen) atoms. The zero-order chi connectivity index (χ0) is 7.90. The summed E-state index contributed by atoms with van der Waals surface area (Å²) in [6, 6.07) is 0. The quantitative estimate of drug-likeness (QED) is 0.607. The Morgan fingerprint density at radius 3 is 2.73 bits per heavy atom. The standard InChI is InChI=1S/C7H9F2NO/c8-6(9)11-5-3-7(1-2-7)10-4-5/h1-2,5-6,10H,3-4H2. The van der Waals surface area contributed by atoms with Gasteiger partial charge in [-0.1, -0.05) is 12.2 Å². The second-order valence-electron chi connectivity index (χ2n) is 2.98. The van der Waals surface area contributed by atoms with E-state index in [1.165, 1.54) is 0 Å². The lowest BCUT2D eigenvalue weighted by Gasteiger charge is -2.08. The van der Waals surface area contributed by atoms with Gasteiger partial charge in [0.1, 0.15) is 0 Å². The van der Waals surface area contributed by atoms with Crippen LogP contribution in [0.5, 0.6) is 0 Å². The van der Waals surface area contributed by atoms with Crippen LogP contribution in [0.2, 0.25) is 0 Å². The minimum Gasteiger partial charge on any atom is -0.318 e. The second-order valence-corrected chi connectivity index (χ2v) is 2.98. The number of alkyl halides is 2. The van der Waals surface area contributed by atoms with Crippen molar-refractivity contribution in [2.24, 2.45) is 0 Å². The molecule has 1 heterocycles. The van der Waals surface area contributed by atoms with Crippen molar-refractivity contribution in [1.29, 1.82) is 0 Å². The highest BCUT2D eigenvalue weighted by atomic mass is 19.3. The van der Waals surface area contributed by atoms with Crippen molar-refractivity contribution < 1.29 is 13.5 Å². The van der Waals surface area contributed by atoms with Gasteiger partial charge in [-0.25, -0.2) is 0 Å². The molecular formula is C7H9F2NO. The molecule has 0 amide bonds. The Balaban J connectivity index is 1.81. The topological polar surface area (TPSA) is 21.3 Å². The summed E-state index contributed by atoms with van der Waals surface area (Å²) >= 11 is 0. The van der Waals surface area contributed by atoms with E-state index >= 15 is 0 Å². The Kier molecular flexibility index (Phi) is 1.47. The SMILES string of the molecule is FC(F)OC1CNC2(C=C2)C1. The molecule has 2 aliphatic rings. The van der Waals surface area contributed by atoms with Crippen molar-refractivity contribution in [3.05, 3.63) is 12.2 Å². The largest absolute Gasteiger partial charge is 0.345 e. The summed E-state index contributed by atoms with van der Waals surface area (Å²) in [4.78, 5) is 0. The molecule has 1 N–H and O–H groups in total. The van der Waals surface area contributed by atoms with Crippen molar-refractivity contribution in [1.82, 2.24) is 5.32 Å². The van der Waals surface area contributed by atoms with Gasteiger partial charge in [0, 0.05) is 13.0 Å². The molecule has 0 aromatic heterocycles. The molecule has 2 rings (SSSR count). The molecule has 1 spiro atoms. The fourth-order valence-electron chi connectivity index (χ4n) is 1.42. The van der Waals surface area contributed by atoms with E-state index < -0.39 is 6.61 Å². The lowest BCUT2D eigenvalue weighted by molar-refractivity contribution is -0.157. The van der Waals surface area contributed by atoms with Gasteiger partial charge in [0.2, 0.25) is 0 Å². The summed E-state index contributed by atoms with van der Waals surface area (Å²) in [5.41, 5.74) is -0.0560. The molecule has 0 bridgehead atoms. The number of nitrogens with one attached hydrogen (secondary N) is 1. The summed E-state index contributed by atoms with van der Waals surface area (Å²) in [6.45, 7) is -2.12. The molecule has 0 aromatic carbocycles. The predicted octanol–water partition coefficient (Wildman–Crippen LogP) is 0.896. The number of ether oxygens (including phenoxy) is 1. The first-order chi connectivity index (χ1) is 5.20. The number of rotatable bonds is 2. The lowest BCUT2D eigenvalue weighted by Crippen LogP contribution is -2.24.